The Morgan fingerprint density at radius 3 is 2.70 bits per heavy atom. The fourth-order valence-corrected chi connectivity index (χ4v) is 5.30. The van der Waals surface area contributed by atoms with Crippen LogP contribution in [0.25, 0.3) is 22.2 Å². The second-order valence-corrected chi connectivity index (χ2v) is 9.19. The van der Waals surface area contributed by atoms with E-state index >= 15 is 0 Å². The molecule has 0 saturated heterocycles. The van der Waals surface area contributed by atoms with Gasteiger partial charge in [-0.05, 0) is 47.9 Å². The van der Waals surface area contributed by atoms with Crippen LogP contribution in [-0.4, -0.2) is 34.9 Å². The maximum Gasteiger partial charge on any atom is 0.434 e. The van der Waals surface area contributed by atoms with E-state index < -0.39 is 11.3 Å². The van der Waals surface area contributed by atoms with E-state index in [1.165, 1.54) is 12.1 Å². The van der Waals surface area contributed by atoms with E-state index in [0.717, 1.165) is 39.0 Å². The zero-order chi connectivity index (χ0) is 25.1. The van der Waals surface area contributed by atoms with Crippen LogP contribution in [0.5, 0.6) is 0 Å². The Morgan fingerprint density at radius 2 is 1.95 bits per heavy atom. The summed E-state index contributed by atoms with van der Waals surface area (Å²) in [5.74, 6) is -0.114. The van der Waals surface area contributed by atoms with Crippen molar-refractivity contribution in [3.05, 3.63) is 112 Å². The minimum Gasteiger partial charge on any atom is -0.390 e. The molecule has 1 unspecified atom stereocenters. The van der Waals surface area contributed by atoms with E-state index in [4.69, 9.17) is 4.42 Å². The fraction of sp³-hybridized carbons (Fsp3) is 0.154. The molecule has 0 radical (unpaired) electrons. The predicted octanol–water partition coefficient (Wildman–Crippen LogP) is 3.29. The summed E-state index contributed by atoms with van der Waals surface area (Å²) in [6, 6.07) is 14.0. The quantitative estimate of drug-likeness (QED) is 0.296. The van der Waals surface area contributed by atoms with Crippen molar-refractivity contribution in [3.8, 4) is 11.3 Å². The molecule has 1 aliphatic heterocycles. The van der Waals surface area contributed by atoms with Gasteiger partial charge in [0.15, 0.2) is 5.54 Å². The monoisotopic (exact) mass is 496 g/mol. The van der Waals surface area contributed by atoms with Gasteiger partial charge in [0, 0.05) is 29.7 Å². The van der Waals surface area contributed by atoms with Crippen LogP contribution in [0.4, 0.5) is 4.39 Å². The second kappa shape index (κ2) is 7.87. The number of benzene rings is 2. The lowest BCUT2D eigenvalue weighted by Crippen LogP contribution is -2.51. The minimum absolute atomic E-state index is 0.160. The number of rotatable bonds is 4. The molecule has 7 rings (SSSR count). The number of nitrogens with zero attached hydrogens (tertiary/aromatic N) is 4. The predicted molar refractivity (Wildman–Crippen MR) is 132 cm³/mol. The molecule has 0 saturated carbocycles. The van der Waals surface area contributed by atoms with E-state index in [1.54, 1.807) is 29.2 Å². The fourth-order valence-electron chi connectivity index (χ4n) is 5.30. The standard InChI is InChI=1S/C26H21FN8O2/c1-35-13-15(11-29-35)26(24-33-34-25(36)37-24)22-18(17-4-2-3-5-19(17)30-22)10-20(32-26)23-28-12-21(31-23)14-6-8-16(27)9-7-14/h2-9,11-13,20,30,32H,10H2,1H3,(H,28,31)(H,34,36)/t20-,26?/m1/s1. The van der Waals surface area contributed by atoms with Gasteiger partial charge >= 0.3 is 5.76 Å². The van der Waals surface area contributed by atoms with Gasteiger partial charge in [-0.3, -0.25) is 10.00 Å². The van der Waals surface area contributed by atoms with Gasteiger partial charge in [0.05, 0.1) is 29.8 Å². The summed E-state index contributed by atoms with van der Waals surface area (Å²) in [5.41, 5.74) is 3.99. The maximum absolute atomic E-state index is 13.5. The molecule has 10 nitrogen and oxygen atoms in total. The Morgan fingerprint density at radius 1 is 1.11 bits per heavy atom. The van der Waals surface area contributed by atoms with Gasteiger partial charge < -0.3 is 14.4 Å². The molecule has 2 atom stereocenters. The SMILES string of the molecule is Cn1cc(C2(c3n[nH]c(=O)o3)N[C@@H](c3ncc(-c4ccc(F)cc4)[nH]3)Cc3c2[nH]c2ccccc32)cn1. The van der Waals surface area contributed by atoms with Crippen LogP contribution in [0.15, 0.2) is 76.3 Å². The Kier molecular flexibility index (Phi) is 4.57. The number of para-hydroxylation sites is 1. The highest BCUT2D eigenvalue weighted by atomic mass is 19.1. The van der Waals surface area contributed by atoms with Crippen LogP contribution in [0, 0.1) is 5.82 Å². The molecule has 5 heterocycles. The number of imidazole rings is 1. The first-order valence-electron chi connectivity index (χ1n) is 11.7. The van der Waals surface area contributed by atoms with E-state index in [1.807, 2.05) is 31.4 Å². The van der Waals surface area contributed by atoms with E-state index in [2.05, 4.69) is 41.6 Å². The first kappa shape index (κ1) is 21.5. The molecule has 11 heteroatoms. The normalized spacial score (nSPS) is 19.4. The summed E-state index contributed by atoms with van der Waals surface area (Å²) in [4.78, 5) is 23.8. The van der Waals surface area contributed by atoms with Crippen LogP contribution in [0.1, 0.15) is 34.6 Å². The molecule has 0 fully saturated rings. The number of nitrogens with one attached hydrogen (secondary N) is 4. The summed E-state index contributed by atoms with van der Waals surface area (Å²) < 4.78 is 20.8. The van der Waals surface area contributed by atoms with Gasteiger partial charge in [-0.2, -0.15) is 5.10 Å². The number of halogens is 1. The van der Waals surface area contributed by atoms with Crippen molar-refractivity contribution in [3.63, 3.8) is 0 Å². The van der Waals surface area contributed by atoms with Crippen molar-refractivity contribution < 1.29 is 8.81 Å². The summed E-state index contributed by atoms with van der Waals surface area (Å²) in [6.45, 7) is 0. The number of aromatic nitrogens is 7. The Hall–Kier alpha value is -4.77. The largest absolute Gasteiger partial charge is 0.434 e. The third-order valence-corrected chi connectivity index (χ3v) is 6.97. The molecule has 0 bridgehead atoms. The molecule has 6 aromatic rings. The number of hydrogen-bond acceptors (Lipinski definition) is 6. The zero-order valence-corrected chi connectivity index (χ0v) is 19.6. The molecule has 0 amide bonds. The number of fused-ring (bicyclic) bond motifs is 3. The van der Waals surface area contributed by atoms with E-state index in [-0.39, 0.29) is 17.7 Å². The van der Waals surface area contributed by atoms with Gasteiger partial charge in [-0.1, -0.05) is 18.2 Å². The molecular weight excluding hydrogens is 475 g/mol. The minimum atomic E-state index is -1.16. The van der Waals surface area contributed by atoms with Gasteiger partial charge in [0.2, 0.25) is 5.89 Å². The van der Waals surface area contributed by atoms with Crippen molar-refractivity contribution in [1.29, 1.82) is 0 Å². The van der Waals surface area contributed by atoms with Gasteiger partial charge in [-0.15, -0.1) is 5.10 Å². The lowest BCUT2D eigenvalue weighted by Gasteiger charge is -2.38. The molecule has 37 heavy (non-hydrogen) atoms. The summed E-state index contributed by atoms with van der Waals surface area (Å²) in [5, 5.41) is 15.8. The van der Waals surface area contributed by atoms with Crippen molar-refractivity contribution in [1.82, 2.24) is 40.2 Å². The smallest absolute Gasteiger partial charge is 0.390 e. The van der Waals surface area contributed by atoms with Crippen LogP contribution in [0.2, 0.25) is 0 Å². The average molecular weight is 497 g/mol. The van der Waals surface area contributed by atoms with E-state index in [0.29, 0.717) is 12.2 Å². The summed E-state index contributed by atoms with van der Waals surface area (Å²) in [7, 11) is 1.83. The van der Waals surface area contributed by atoms with Crippen molar-refractivity contribution in [2.24, 2.45) is 7.05 Å². The topological polar surface area (TPSA) is 133 Å². The molecule has 0 spiro atoms. The third-order valence-electron chi connectivity index (χ3n) is 6.97. The van der Waals surface area contributed by atoms with Crippen LogP contribution in [-0.2, 0) is 19.0 Å². The first-order valence-corrected chi connectivity index (χ1v) is 11.7. The van der Waals surface area contributed by atoms with Gasteiger partial charge in [0.25, 0.3) is 0 Å². The van der Waals surface area contributed by atoms with Crippen molar-refractivity contribution in [2.75, 3.05) is 0 Å². The highest BCUT2D eigenvalue weighted by molar-refractivity contribution is 5.86. The molecule has 4 aromatic heterocycles. The van der Waals surface area contributed by atoms with Crippen molar-refractivity contribution in [2.45, 2.75) is 18.0 Å². The van der Waals surface area contributed by atoms with Crippen LogP contribution in [0.3, 0.4) is 0 Å². The van der Waals surface area contributed by atoms with Crippen LogP contribution < -0.4 is 11.1 Å². The lowest BCUT2D eigenvalue weighted by molar-refractivity contribution is 0.284. The number of hydrogen-bond donors (Lipinski definition) is 4. The van der Waals surface area contributed by atoms with Crippen LogP contribution >= 0.6 is 0 Å². The van der Waals surface area contributed by atoms with Gasteiger partial charge in [0.1, 0.15) is 11.6 Å². The number of aryl methyl sites for hydroxylation is 1. The lowest BCUT2D eigenvalue weighted by atomic mass is 9.79. The van der Waals surface area contributed by atoms with E-state index in [9.17, 15) is 9.18 Å². The molecule has 2 aromatic carbocycles. The second-order valence-electron chi connectivity index (χ2n) is 9.19. The third kappa shape index (κ3) is 3.28. The Balaban J connectivity index is 1.45. The average Bonchev–Trinajstić information content (AvgIpc) is 3.70. The highest BCUT2D eigenvalue weighted by Gasteiger charge is 2.50. The highest BCUT2D eigenvalue weighted by Crippen LogP contribution is 2.45. The molecule has 184 valence electrons. The maximum atomic E-state index is 13.5. The molecule has 1 aliphatic rings. The number of aromatic amines is 3. The Labute approximate surface area is 208 Å². The summed E-state index contributed by atoms with van der Waals surface area (Å²) in [6.07, 6.45) is 5.93. The molecular formula is C26H21FN8O2. The molecule has 0 aliphatic carbocycles. The van der Waals surface area contributed by atoms with Gasteiger partial charge in [-0.25, -0.2) is 19.3 Å². The van der Waals surface area contributed by atoms with Crippen molar-refractivity contribution >= 4 is 10.9 Å². The molecule has 4 N–H and O–H groups in total. The first-order chi connectivity index (χ1) is 18.0. The zero-order valence-electron chi connectivity index (χ0n) is 19.6. The Bertz CT molecular complexity index is 1810. The number of H-pyrrole nitrogens is 3. The summed E-state index contributed by atoms with van der Waals surface area (Å²) >= 11 is 0.